The monoisotopic (exact) mass is 436 g/mol. The molecule has 2 aromatic carbocycles. The average Bonchev–Trinajstić information content (AvgIpc) is 3.04. The number of methoxy groups -OCH3 is 1. The highest BCUT2D eigenvalue weighted by molar-refractivity contribution is 7.89. The topological polar surface area (TPSA) is 76.2 Å². The van der Waals surface area contributed by atoms with Crippen molar-refractivity contribution < 1.29 is 22.7 Å². The number of carbonyl (C=O) groups is 1. The lowest BCUT2D eigenvalue weighted by molar-refractivity contribution is -0.147. The van der Waals surface area contributed by atoms with Gasteiger partial charge in [-0.1, -0.05) is 11.6 Å². The molecule has 1 spiro atoms. The Labute approximate surface area is 174 Å². The fourth-order valence-electron chi connectivity index (χ4n) is 3.75. The quantitative estimate of drug-likeness (QED) is 0.736. The van der Waals surface area contributed by atoms with Gasteiger partial charge in [0, 0.05) is 30.2 Å². The van der Waals surface area contributed by atoms with Crippen molar-refractivity contribution in [3.8, 4) is 5.75 Å². The first kappa shape index (κ1) is 20.2. The Bertz CT molecular complexity index is 1010. The molecule has 0 N–H and O–H groups in total. The van der Waals surface area contributed by atoms with Gasteiger partial charge in [0.05, 0.1) is 25.2 Å². The molecule has 1 amide bonds. The van der Waals surface area contributed by atoms with E-state index in [1.54, 1.807) is 41.3 Å². The zero-order chi connectivity index (χ0) is 20.6. The molecule has 0 radical (unpaired) electrons. The van der Waals surface area contributed by atoms with Crippen LogP contribution in [0, 0.1) is 0 Å². The van der Waals surface area contributed by atoms with Gasteiger partial charge >= 0.3 is 0 Å². The molecule has 4 rings (SSSR count). The summed E-state index contributed by atoms with van der Waals surface area (Å²) in [4.78, 5) is 15.0. The summed E-state index contributed by atoms with van der Waals surface area (Å²) in [7, 11) is -2.23. The maximum absolute atomic E-state index is 13.2. The molecule has 9 heteroatoms. The number of hydrogen-bond donors (Lipinski definition) is 0. The Morgan fingerprint density at radius 2 is 1.76 bits per heavy atom. The van der Waals surface area contributed by atoms with Crippen molar-refractivity contribution >= 4 is 33.2 Å². The van der Waals surface area contributed by atoms with Crippen LogP contribution < -0.4 is 9.64 Å². The van der Waals surface area contributed by atoms with Gasteiger partial charge in [-0.2, -0.15) is 4.31 Å². The lowest BCUT2D eigenvalue weighted by atomic mass is 10.0. The normalized spacial score (nSPS) is 23.0. The van der Waals surface area contributed by atoms with Gasteiger partial charge in [0.1, 0.15) is 5.75 Å². The molecule has 7 nitrogen and oxygen atoms in total. The Kier molecular flexibility index (Phi) is 5.29. The third-order valence-corrected chi connectivity index (χ3v) is 7.47. The summed E-state index contributed by atoms with van der Waals surface area (Å²) in [6, 6.07) is 13.2. The number of anilines is 1. The number of ether oxygens (including phenoxy) is 2. The highest BCUT2D eigenvalue weighted by Gasteiger charge is 2.52. The minimum absolute atomic E-state index is 0.00964. The van der Waals surface area contributed by atoms with E-state index < -0.39 is 15.6 Å². The second-order valence-corrected chi connectivity index (χ2v) is 9.41. The minimum atomic E-state index is -3.75. The van der Waals surface area contributed by atoms with E-state index in [-0.39, 0.29) is 30.5 Å². The Hall–Kier alpha value is -2.13. The molecule has 1 unspecified atom stereocenters. The molecule has 2 aliphatic heterocycles. The van der Waals surface area contributed by atoms with Crippen LogP contribution in [0.15, 0.2) is 53.4 Å². The average molecular weight is 437 g/mol. The van der Waals surface area contributed by atoms with Crippen LogP contribution in [0.4, 0.5) is 5.69 Å². The van der Waals surface area contributed by atoms with Crippen LogP contribution in [0.1, 0.15) is 6.42 Å². The molecule has 2 heterocycles. The van der Waals surface area contributed by atoms with Crippen molar-refractivity contribution in [2.75, 3.05) is 38.3 Å². The summed E-state index contributed by atoms with van der Waals surface area (Å²) in [6.07, 6.45) is 0.420. The lowest BCUT2D eigenvalue weighted by Crippen LogP contribution is -2.57. The summed E-state index contributed by atoms with van der Waals surface area (Å²) in [6.45, 7) is 0.807. The molecule has 0 bridgehead atoms. The van der Waals surface area contributed by atoms with Crippen molar-refractivity contribution in [3.05, 3.63) is 53.6 Å². The van der Waals surface area contributed by atoms with Gasteiger partial charge in [-0.15, -0.1) is 0 Å². The molecule has 2 aromatic rings. The largest absolute Gasteiger partial charge is 0.497 e. The minimum Gasteiger partial charge on any atom is -0.497 e. The van der Waals surface area contributed by atoms with Crippen molar-refractivity contribution in [2.45, 2.75) is 16.9 Å². The smallest absolute Gasteiger partial charge is 0.260 e. The zero-order valence-electron chi connectivity index (χ0n) is 15.9. The second kappa shape index (κ2) is 7.60. The van der Waals surface area contributed by atoms with Gasteiger partial charge in [0.15, 0.2) is 5.60 Å². The van der Waals surface area contributed by atoms with E-state index in [1.807, 2.05) is 0 Å². The Balaban J connectivity index is 1.57. The molecule has 2 fully saturated rings. The second-order valence-electron chi connectivity index (χ2n) is 7.04. The van der Waals surface area contributed by atoms with Crippen molar-refractivity contribution in [2.24, 2.45) is 0 Å². The Morgan fingerprint density at radius 1 is 1.07 bits per heavy atom. The van der Waals surface area contributed by atoms with Gasteiger partial charge < -0.3 is 14.4 Å². The maximum atomic E-state index is 13.2. The van der Waals surface area contributed by atoms with Crippen LogP contribution in [0.25, 0.3) is 0 Å². The lowest BCUT2D eigenvalue weighted by Gasteiger charge is -2.38. The van der Waals surface area contributed by atoms with E-state index in [4.69, 9.17) is 21.1 Å². The predicted molar refractivity (Wildman–Crippen MR) is 109 cm³/mol. The first-order valence-electron chi connectivity index (χ1n) is 9.21. The summed E-state index contributed by atoms with van der Waals surface area (Å²) < 4.78 is 38.5. The molecule has 1 atom stereocenters. The molecule has 0 aromatic heterocycles. The number of sulfonamides is 1. The van der Waals surface area contributed by atoms with Crippen LogP contribution in [0.3, 0.4) is 0 Å². The van der Waals surface area contributed by atoms with Crippen molar-refractivity contribution in [1.29, 1.82) is 0 Å². The van der Waals surface area contributed by atoms with Gasteiger partial charge in [0.25, 0.3) is 5.91 Å². The Morgan fingerprint density at radius 3 is 2.41 bits per heavy atom. The first-order chi connectivity index (χ1) is 13.9. The van der Waals surface area contributed by atoms with Crippen molar-refractivity contribution in [1.82, 2.24) is 4.31 Å². The molecule has 2 aliphatic rings. The summed E-state index contributed by atoms with van der Waals surface area (Å²) in [5.74, 6) is 0.349. The summed E-state index contributed by atoms with van der Waals surface area (Å²) in [5.41, 5.74) is -0.452. The van der Waals surface area contributed by atoms with Crippen LogP contribution in [-0.2, 0) is 19.6 Å². The molecular weight excluding hydrogens is 416 g/mol. The fourth-order valence-corrected chi connectivity index (χ4v) is 5.35. The number of hydrogen-bond acceptors (Lipinski definition) is 5. The number of morpholine rings is 1. The molecule has 0 aliphatic carbocycles. The van der Waals surface area contributed by atoms with E-state index in [9.17, 15) is 13.2 Å². The molecule has 29 heavy (non-hydrogen) atoms. The van der Waals surface area contributed by atoms with E-state index in [1.165, 1.54) is 23.5 Å². The number of rotatable bonds is 4. The highest BCUT2D eigenvalue weighted by atomic mass is 35.5. The standard InChI is InChI=1S/C20H21ClN2O5S/c1-27-17-6-8-18(9-7-17)29(25,26)22-12-13-28-20(14-22)10-11-23(19(20)24)16-4-2-15(21)3-5-16/h2-9H,10-14H2,1H3. The number of nitrogens with zero attached hydrogens (tertiary/aromatic N) is 2. The molecule has 2 saturated heterocycles. The predicted octanol–water partition coefficient (Wildman–Crippen LogP) is 2.55. The van der Waals surface area contributed by atoms with Gasteiger partial charge in [0.2, 0.25) is 10.0 Å². The molecule has 154 valence electrons. The number of benzene rings is 2. The highest BCUT2D eigenvalue weighted by Crippen LogP contribution is 2.35. The first-order valence-corrected chi connectivity index (χ1v) is 11.0. The molecule has 0 saturated carbocycles. The van der Waals surface area contributed by atoms with Crippen LogP contribution in [0.5, 0.6) is 5.75 Å². The van der Waals surface area contributed by atoms with Gasteiger partial charge in [-0.25, -0.2) is 8.42 Å². The molecular formula is C20H21ClN2O5S. The van der Waals surface area contributed by atoms with Gasteiger partial charge in [-0.05, 0) is 48.5 Å². The third kappa shape index (κ3) is 3.61. The number of carbonyl (C=O) groups excluding carboxylic acids is 1. The van der Waals surface area contributed by atoms with E-state index in [0.717, 1.165) is 5.69 Å². The summed E-state index contributed by atoms with van der Waals surface area (Å²) >= 11 is 5.93. The van der Waals surface area contributed by atoms with E-state index >= 15 is 0 Å². The fraction of sp³-hybridized carbons (Fsp3) is 0.350. The number of amides is 1. The van der Waals surface area contributed by atoms with Crippen molar-refractivity contribution in [3.63, 3.8) is 0 Å². The summed E-state index contributed by atoms with van der Waals surface area (Å²) in [5, 5.41) is 0.584. The maximum Gasteiger partial charge on any atom is 0.260 e. The van der Waals surface area contributed by atoms with Gasteiger partial charge in [-0.3, -0.25) is 4.79 Å². The number of halogens is 1. The van der Waals surface area contributed by atoms with Crippen LogP contribution >= 0.6 is 11.6 Å². The van der Waals surface area contributed by atoms with E-state index in [2.05, 4.69) is 0 Å². The zero-order valence-corrected chi connectivity index (χ0v) is 17.4. The van der Waals surface area contributed by atoms with E-state index in [0.29, 0.717) is 23.7 Å². The SMILES string of the molecule is COc1ccc(S(=O)(=O)N2CCOC3(CCN(c4ccc(Cl)cc4)C3=O)C2)cc1. The van der Waals surface area contributed by atoms with Crippen LogP contribution in [0.2, 0.25) is 5.02 Å². The third-order valence-electron chi connectivity index (χ3n) is 5.36. The van der Waals surface area contributed by atoms with Crippen LogP contribution in [-0.4, -0.2) is 57.6 Å².